The summed E-state index contributed by atoms with van der Waals surface area (Å²) in [5, 5.41) is 7.23. The van der Waals surface area contributed by atoms with Gasteiger partial charge < -0.3 is 9.47 Å². The second-order valence-corrected chi connectivity index (χ2v) is 7.71. The SMILES string of the molecule is Cn1c(C2CCN(C(=O)[C@H]3C[C@H]4CC[C@H]3C4)CC2)n[nH]c1=S. The molecular weight excluding hydrogens is 296 g/mol. The topological polar surface area (TPSA) is 53.9 Å². The molecule has 6 heteroatoms. The summed E-state index contributed by atoms with van der Waals surface area (Å²) in [4.78, 5) is 14.9. The molecule has 1 amide bonds. The third-order valence-corrected chi connectivity index (χ3v) is 6.51. The van der Waals surface area contributed by atoms with Crippen LogP contribution in [0, 0.1) is 22.5 Å². The normalized spacial score (nSPS) is 31.9. The number of nitrogens with one attached hydrogen (secondary N) is 1. The predicted octanol–water partition coefficient (Wildman–Crippen LogP) is 2.62. The van der Waals surface area contributed by atoms with Gasteiger partial charge in [-0.05, 0) is 56.2 Å². The minimum Gasteiger partial charge on any atom is -0.342 e. The lowest BCUT2D eigenvalue weighted by Crippen LogP contribution is -2.43. The van der Waals surface area contributed by atoms with Gasteiger partial charge in [0.05, 0.1) is 0 Å². The van der Waals surface area contributed by atoms with Crippen LogP contribution in [-0.4, -0.2) is 38.7 Å². The number of aromatic nitrogens is 3. The van der Waals surface area contributed by atoms with Crippen molar-refractivity contribution < 1.29 is 4.79 Å². The van der Waals surface area contributed by atoms with Crippen LogP contribution in [0.15, 0.2) is 0 Å². The molecule has 3 atom stereocenters. The van der Waals surface area contributed by atoms with Crippen molar-refractivity contribution in [1.29, 1.82) is 0 Å². The Kier molecular flexibility index (Phi) is 3.59. The fourth-order valence-electron chi connectivity index (χ4n) is 4.86. The van der Waals surface area contributed by atoms with E-state index in [2.05, 4.69) is 15.1 Å². The molecule has 0 spiro atoms. The lowest BCUT2D eigenvalue weighted by molar-refractivity contribution is -0.138. The highest BCUT2D eigenvalue weighted by Crippen LogP contribution is 2.49. The first-order chi connectivity index (χ1) is 10.6. The Morgan fingerprint density at radius 2 is 2.00 bits per heavy atom. The fraction of sp³-hybridized carbons (Fsp3) is 0.812. The minimum absolute atomic E-state index is 0.330. The van der Waals surface area contributed by atoms with Crippen molar-refractivity contribution in [3.05, 3.63) is 10.6 Å². The largest absolute Gasteiger partial charge is 0.342 e. The summed E-state index contributed by atoms with van der Waals surface area (Å²) in [5.74, 6) is 3.74. The van der Waals surface area contributed by atoms with Crippen molar-refractivity contribution in [3.63, 3.8) is 0 Å². The molecule has 1 aromatic heterocycles. The van der Waals surface area contributed by atoms with Gasteiger partial charge in [0.15, 0.2) is 4.77 Å². The summed E-state index contributed by atoms with van der Waals surface area (Å²) in [6.07, 6.45) is 7.09. The molecule has 0 aromatic carbocycles. The van der Waals surface area contributed by atoms with Crippen LogP contribution in [0.1, 0.15) is 50.3 Å². The summed E-state index contributed by atoms with van der Waals surface area (Å²) in [6.45, 7) is 1.74. The molecule has 2 bridgehead atoms. The monoisotopic (exact) mass is 320 g/mol. The molecule has 3 aliphatic rings. The number of carbonyl (C=O) groups excluding carboxylic acids is 1. The smallest absolute Gasteiger partial charge is 0.225 e. The van der Waals surface area contributed by atoms with E-state index in [0.717, 1.165) is 44.1 Å². The van der Waals surface area contributed by atoms with E-state index in [1.165, 1.54) is 19.3 Å². The van der Waals surface area contributed by atoms with Crippen molar-refractivity contribution in [1.82, 2.24) is 19.7 Å². The molecule has 0 radical (unpaired) electrons. The fourth-order valence-corrected chi connectivity index (χ4v) is 5.00. The molecule has 120 valence electrons. The Morgan fingerprint density at radius 3 is 2.55 bits per heavy atom. The van der Waals surface area contributed by atoms with Gasteiger partial charge in [-0.1, -0.05) is 6.42 Å². The van der Waals surface area contributed by atoms with E-state index in [1.807, 2.05) is 11.6 Å². The number of amides is 1. The van der Waals surface area contributed by atoms with Crippen molar-refractivity contribution in [2.24, 2.45) is 24.8 Å². The Balaban J connectivity index is 1.38. The number of likely N-dealkylation sites (tertiary alicyclic amines) is 1. The first-order valence-electron chi connectivity index (χ1n) is 8.53. The maximum Gasteiger partial charge on any atom is 0.225 e. The highest BCUT2D eigenvalue weighted by Gasteiger charge is 2.44. The highest BCUT2D eigenvalue weighted by atomic mass is 32.1. The zero-order chi connectivity index (χ0) is 15.3. The molecule has 1 saturated heterocycles. The van der Waals surface area contributed by atoms with Gasteiger partial charge >= 0.3 is 0 Å². The maximum absolute atomic E-state index is 12.8. The van der Waals surface area contributed by atoms with E-state index in [4.69, 9.17) is 12.2 Å². The number of fused-ring (bicyclic) bond motifs is 2. The van der Waals surface area contributed by atoms with Gasteiger partial charge in [0.2, 0.25) is 5.91 Å². The molecule has 1 aromatic rings. The van der Waals surface area contributed by atoms with Gasteiger partial charge in [-0.2, -0.15) is 5.10 Å². The number of nitrogens with zero attached hydrogens (tertiary/aromatic N) is 3. The molecule has 2 heterocycles. The zero-order valence-corrected chi connectivity index (χ0v) is 13.9. The summed E-state index contributed by atoms with van der Waals surface area (Å²) >= 11 is 5.19. The third-order valence-electron chi connectivity index (χ3n) is 6.14. The van der Waals surface area contributed by atoms with Crippen molar-refractivity contribution >= 4 is 18.1 Å². The number of rotatable bonds is 2. The van der Waals surface area contributed by atoms with Gasteiger partial charge in [0.25, 0.3) is 0 Å². The Morgan fingerprint density at radius 1 is 1.23 bits per heavy atom. The number of carbonyl (C=O) groups is 1. The molecule has 1 N–H and O–H groups in total. The molecule has 0 unspecified atom stereocenters. The van der Waals surface area contributed by atoms with Gasteiger partial charge in [0.1, 0.15) is 5.82 Å². The van der Waals surface area contributed by atoms with Gasteiger partial charge in [-0.15, -0.1) is 0 Å². The van der Waals surface area contributed by atoms with E-state index < -0.39 is 0 Å². The van der Waals surface area contributed by atoms with Gasteiger partial charge in [0, 0.05) is 32.0 Å². The van der Waals surface area contributed by atoms with Crippen LogP contribution in [0.3, 0.4) is 0 Å². The summed E-state index contributed by atoms with van der Waals surface area (Å²) in [5.41, 5.74) is 0. The van der Waals surface area contributed by atoms with Gasteiger partial charge in [-0.25, -0.2) is 0 Å². The molecule has 22 heavy (non-hydrogen) atoms. The van der Waals surface area contributed by atoms with E-state index in [-0.39, 0.29) is 0 Å². The predicted molar refractivity (Wildman–Crippen MR) is 85.9 cm³/mol. The van der Waals surface area contributed by atoms with Crippen molar-refractivity contribution in [2.75, 3.05) is 13.1 Å². The number of hydrogen-bond acceptors (Lipinski definition) is 3. The Labute approximate surface area is 136 Å². The third kappa shape index (κ3) is 2.32. The number of H-pyrrole nitrogens is 1. The van der Waals surface area contributed by atoms with Crippen molar-refractivity contribution in [3.8, 4) is 0 Å². The summed E-state index contributed by atoms with van der Waals surface area (Å²) in [6, 6.07) is 0. The quantitative estimate of drug-likeness (QED) is 0.852. The second kappa shape index (κ2) is 5.48. The summed E-state index contributed by atoms with van der Waals surface area (Å²) < 4.78 is 2.64. The van der Waals surface area contributed by atoms with Crippen LogP contribution in [0.2, 0.25) is 0 Å². The van der Waals surface area contributed by atoms with Crippen molar-refractivity contribution in [2.45, 2.75) is 44.4 Å². The molecule has 2 saturated carbocycles. The standard InChI is InChI=1S/C16H24N4OS/c1-19-14(17-18-16(19)22)11-4-6-20(7-5-11)15(21)13-9-10-2-3-12(13)8-10/h10-13H,2-9H2,1H3,(H,18,22)/t10-,12-,13-/m0/s1. The average molecular weight is 320 g/mol. The van der Waals surface area contributed by atoms with E-state index in [9.17, 15) is 4.79 Å². The first kappa shape index (κ1) is 14.4. The Bertz CT molecular complexity index is 628. The van der Waals surface area contributed by atoms with E-state index in [0.29, 0.717) is 28.4 Å². The minimum atomic E-state index is 0.330. The number of piperidine rings is 1. The molecule has 3 fully saturated rings. The molecular formula is C16H24N4OS. The van der Waals surface area contributed by atoms with Gasteiger partial charge in [-0.3, -0.25) is 9.89 Å². The van der Waals surface area contributed by atoms with Crippen LogP contribution in [0.4, 0.5) is 0 Å². The molecule has 2 aliphatic carbocycles. The average Bonchev–Trinajstić information content (AvgIpc) is 3.24. The lowest BCUT2D eigenvalue weighted by atomic mass is 9.86. The first-order valence-corrected chi connectivity index (χ1v) is 8.94. The highest BCUT2D eigenvalue weighted by molar-refractivity contribution is 7.71. The molecule has 1 aliphatic heterocycles. The molecule has 4 rings (SSSR count). The van der Waals surface area contributed by atoms with Crippen LogP contribution in [-0.2, 0) is 11.8 Å². The number of aromatic amines is 1. The van der Waals surface area contributed by atoms with Crippen LogP contribution >= 0.6 is 12.2 Å². The van der Waals surface area contributed by atoms with Crippen LogP contribution < -0.4 is 0 Å². The zero-order valence-electron chi connectivity index (χ0n) is 13.1. The second-order valence-electron chi connectivity index (χ2n) is 7.33. The lowest BCUT2D eigenvalue weighted by Gasteiger charge is -2.35. The van der Waals surface area contributed by atoms with E-state index >= 15 is 0 Å². The van der Waals surface area contributed by atoms with Crippen LogP contribution in [0.25, 0.3) is 0 Å². The molecule has 5 nitrogen and oxygen atoms in total. The maximum atomic E-state index is 12.8. The summed E-state index contributed by atoms with van der Waals surface area (Å²) in [7, 11) is 1.97. The van der Waals surface area contributed by atoms with E-state index in [1.54, 1.807) is 0 Å². The number of hydrogen-bond donors (Lipinski definition) is 1. The van der Waals surface area contributed by atoms with Crippen LogP contribution in [0.5, 0.6) is 0 Å². The Hall–Kier alpha value is -1.17.